The van der Waals surface area contributed by atoms with Crippen molar-refractivity contribution in [1.82, 2.24) is 0 Å². The van der Waals surface area contributed by atoms with Crippen LogP contribution in [-0.2, 0) is 26.0 Å². The summed E-state index contributed by atoms with van der Waals surface area (Å²) in [5.41, 5.74) is 3.10. The quantitative estimate of drug-likeness (QED) is 0.547. The van der Waals surface area contributed by atoms with E-state index in [-0.39, 0.29) is 16.3 Å². The second-order valence-electron chi connectivity index (χ2n) is 8.21. The second-order valence-corrected chi connectivity index (χ2v) is 10.1. The van der Waals surface area contributed by atoms with Crippen LogP contribution < -0.4 is 14.9 Å². The summed E-state index contributed by atoms with van der Waals surface area (Å²) in [6, 6.07) is 15.7. The van der Waals surface area contributed by atoms with Crippen molar-refractivity contribution in [2.24, 2.45) is 0 Å². The van der Waals surface area contributed by atoms with Crippen molar-refractivity contribution in [2.45, 2.75) is 31.6 Å². The number of nitrogens with zero attached hydrogens (tertiary/aromatic N) is 1. The van der Waals surface area contributed by atoms with E-state index in [1.165, 1.54) is 16.4 Å². The van der Waals surface area contributed by atoms with E-state index < -0.39 is 27.7 Å². The fourth-order valence-corrected chi connectivity index (χ4v) is 5.29. The first-order valence-electron chi connectivity index (χ1n) is 10.8. The minimum atomic E-state index is -3.80. The number of anilines is 3. The van der Waals surface area contributed by atoms with E-state index in [9.17, 15) is 22.4 Å². The predicted octanol–water partition coefficient (Wildman–Crippen LogP) is 4.16. The monoisotopic (exact) mass is 481 g/mol. The fourth-order valence-electron chi connectivity index (χ4n) is 3.75. The molecule has 4 rings (SSSR count). The van der Waals surface area contributed by atoms with Crippen LogP contribution in [0.25, 0.3) is 0 Å². The van der Waals surface area contributed by atoms with Gasteiger partial charge in [0.05, 0.1) is 10.6 Å². The van der Waals surface area contributed by atoms with Crippen molar-refractivity contribution in [3.8, 4) is 0 Å². The minimum absolute atomic E-state index is 0.157. The molecular formula is C25H24FN3O4S. The van der Waals surface area contributed by atoms with E-state index in [1.807, 2.05) is 6.92 Å². The Bertz CT molecular complexity index is 1370. The molecule has 0 spiro atoms. The molecule has 0 fully saturated rings. The third-order valence-corrected chi connectivity index (χ3v) is 7.49. The van der Waals surface area contributed by atoms with Crippen molar-refractivity contribution < 1.29 is 22.4 Å². The summed E-state index contributed by atoms with van der Waals surface area (Å²) in [5, 5.41) is 4.85. The number of rotatable bonds is 4. The Labute approximate surface area is 197 Å². The molecule has 0 unspecified atom stereocenters. The van der Waals surface area contributed by atoms with Gasteiger partial charge in [0.25, 0.3) is 10.0 Å². The lowest BCUT2D eigenvalue weighted by Crippen LogP contribution is -2.35. The van der Waals surface area contributed by atoms with E-state index in [4.69, 9.17) is 0 Å². The van der Waals surface area contributed by atoms with Gasteiger partial charge >= 0.3 is 11.8 Å². The van der Waals surface area contributed by atoms with Gasteiger partial charge in [-0.15, -0.1) is 0 Å². The summed E-state index contributed by atoms with van der Waals surface area (Å²) in [5.74, 6) is -2.42. The molecule has 1 aliphatic heterocycles. The van der Waals surface area contributed by atoms with Crippen LogP contribution in [0.3, 0.4) is 0 Å². The highest BCUT2D eigenvalue weighted by Crippen LogP contribution is 2.34. The maximum atomic E-state index is 13.7. The number of sulfonamides is 1. The number of carbonyl (C=O) groups excluding carboxylic acids is 2. The summed E-state index contributed by atoms with van der Waals surface area (Å²) in [4.78, 5) is 24.9. The number of halogens is 1. The Morgan fingerprint density at radius 2 is 1.50 bits per heavy atom. The van der Waals surface area contributed by atoms with Crippen LogP contribution in [-0.4, -0.2) is 26.8 Å². The zero-order valence-corrected chi connectivity index (χ0v) is 19.6. The maximum Gasteiger partial charge on any atom is 0.314 e. The summed E-state index contributed by atoms with van der Waals surface area (Å²) in [6.07, 6.45) is 1.36. The summed E-state index contributed by atoms with van der Waals surface area (Å²) < 4.78 is 41.6. The first-order chi connectivity index (χ1) is 16.1. The fraction of sp³-hybridized carbons (Fsp3) is 0.200. The van der Waals surface area contributed by atoms with Crippen LogP contribution in [0, 0.1) is 19.7 Å². The molecule has 2 N–H and O–H groups in total. The molecule has 0 aromatic heterocycles. The molecule has 1 aliphatic rings. The van der Waals surface area contributed by atoms with Crippen LogP contribution in [0.15, 0.2) is 65.6 Å². The van der Waals surface area contributed by atoms with Gasteiger partial charge in [0.2, 0.25) is 0 Å². The Morgan fingerprint density at radius 1 is 0.882 bits per heavy atom. The van der Waals surface area contributed by atoms with Gasteiger partial charge in [-0.25, -0.2) is 12.8 Å². The molecule has 3 aromatic rings. The minimum Gasteiger partial charge on any atom is -0.318 e. The number of nitrogens with one attached hydrogen (secondary N) is 2. The predicted molar refractivity (Wildman–Crippen MR) is 129 cm³/mol. The van der Waals surface area contributed by atoms with Crippen LogP contribution in [0.5, 0.6) is 0 Å². The second kappa shape index (κ2) is 9.26. The molecule has 0 bridgehead atoms. The van der Waals surface area contributed by atoms with Crippen LogP contribution in [0.1, 0.15) is 23.1 Å². The Hall–Kier alpha value is -3.72. The number of fused-ring (bicyclic) bond motifs is 1. The molecule has 2 amide bonds. The smallest absolute Gasteiger partial charge is 0.314 e. The van der Waals surface area contributed by atoms with Crippen LogP contribution >= 0.6 is 0 Å². The third kappa shape index (κ3) is 4.79. The van der Waals surface area contributed by atoms with Gasteiger partial charge in [0.15, 0.2) is 0 Å². The highest BCUT2D eigenvalue weighted by Gasteiger charge is 2.29. The average Bonchev–Trinajstić information content (AvgIpc) is 2.81. The zero-order chi connectivity index (χ0) is 24.5. The Balaban J connectivity index is 1.55. The molecule has 0 saturated carbocycles. The molecule has 3 aromatic carbocycles. The normalized spacial score (nSPS) is 13.2. The Morgan fingerprint density at radius 3 is 2.15 bits per heavy atom. The lowest BCUT2D eigenvalue weighted by atomic mass is 10.0. The van der Waals surface area contributed by atoms with Crippen LogP contribution in [0.2, 0.25) is 0 Å². The largest absolute Gasteiger partial charge is 0.318 e. The molecule has 0 radical (unpaired) electrons. The van der Waals surface area contributed by atoms with E-state index in [0.29, 0.717) is 30.6 Å². The van der Waals surface area contributed by atoms with E-state index in [0.717, 1.165) is 17.2 Å². The molecule has 34 heavy (non-hydrogen) atoms. The number of amides is 2. The molecule has 0 saturated heterocycles. The number of carbonyl (C=O) groups is 2. The highest BCUT2D eigenvalue weighted by molar-refractivity contribution is 7.92. The van der Waals surface area contributed by atoms with E-state index >= 15 is 0 Å². The summed E-state index contributed by atoms with van der Waals surface area (Å²) >= 11 is 0. The van der Waals surface area contributed by atoms with Gasteiger partial charge in [-0.1, -0.05) is 29.8 Å². The van der Waals surface area contributed by atoms with Gasteiger partial charge in [0, 0.05) is 17.9 Å². The molecule has 9 heteroatoms. The van der Waals surface area contributed by atoms with Crippen molar-refractivity contribution in [2.75, 3.05) is 21.5 Å². The Kier molecular flexibility index (Phi) is 6.39. The lowest BCUT2D eigenvalue weighted by Gasteiger charge is -2.31. The van der Waals surface area contributed by atoms with Crippen molar-refractivity contribution in [1.29, 1.82) is 0 Å². The number of aryl methyl sites for hydroxylation is 3. The molecule has 7 nitrogen and oxygen atoms in total. The molecule has 176 valence electrons. The average molecular weight is 482 g/mol. The first-order valence-corrected chi connectivity index (χ1v) is 12.2. The van der Waals surface area contributed by atoms with E-state index in [1.54, 1.807) is 49.4 Å². The van der Waals surface area contributed by atoms with Crippen molar-refractivity contribution in [3.05, 3.63) is 83.2 Å². The molecule has 0 atom stereocenters. The SMILES string of the molecule is Cc1ccc(S(=O)(=O)N2CCCc3ccc(NC(=O)C(=O)Nc4ccc(C)c(F)c4)cc32)cc1. The molecule has 1 heterocycles. The summed E-state index contributed by atoms with van der Waals surface area (Å²) in [7, 11) is -3.80. The maximum absolute atomic E-state index is 13.7. The van der Waals surface area contributed by atoms with Crippen molar-refractivity contribution in [3.63, 3.8) is 0 Å². The number of hydrogen-bond acceptors (Lipinski definition) is 4. The van der Waals surface area contributed by atoms with Gasteiger partial charge in [-0.3, -0.25) is 13.9 Å². The van der Waals surface area contributed by atoms with Gasteiger partial charge in [0.1, 0.15) is 5.82 Å². The summed E-state index contributed by atoms with van der Waals surface area (Å²) in [6.45, 7) is 3.78. The third-order valence-electron chi connectivity index (χ3n) is 5.66. The number of benzene rings is 3. The standard InChI is InChI=1S/C25H24FN3O4S/c1-16-5-11-21(12-6-16)34(32,33)29-13-3-4-18-8-10-20(15-23(18)29)28-25(31)24(30)27-19-9-7-17(2)22(26)14-19/h5-12,14-15H,3-4,13H2,1-2H3,(H,27,30)(H,28,31). The lowest BCUT2D eigenvalue weighted by molar-refractivity contribution is -0.133. The van der Waals surface area contributed by atoms with E-state index in [2.05, 4.69) is 10.6 Å². The number of hydrogen-bond donors (Lipinski definition) is 2. The van der Waals surface area contributed by atoms with Crippen LogP contribution in [0.4, 0.5) is 21.5 Å². The zero-order valence-electron chi connectivity index (χ0n) is 18.8. The van der Waals surface area contributed by atoms with Gasteiger partial charge in [-0.05, 0) is 74.2 Å². The van der Waals surface area contributed by atoms with Crippen molar-refractivity contribution >= 4 is 38.9 Å². The topological polar surface area (TPSA) is 95.6 Å². The molecular weight excluding hydrogens is 457 g/mol. The van der Waals surface area contributed by atoms with Gasteiger partial charge < -0.3 is 10.6 Å². The first kappa shape index (κ1) is 23.4. The van der Waals surface area contributed by atoms with Gasteiger partial charge in [-0.2, -0.15) is 0 Å². The highest BCUT2D eigenvalue weighted by atomic mass is 32.2. The molecule has 0 aliphatic carbocycles.